The Morgan fingerprint density at radius 1 is 1.07 bits per heavy atom. The Morgan fingerprint density at radius 2 is 1.89 bits per heavy atom. The molecule has 4 rings (SSSR count). The molecule has 148 valence electrons. The van der Waals surface area contributed by atoms with Crippen molar-refractivity contribution in [2.45, 2.75) is 38.6 Å². The average Bonchev–Trinajstić information content (AvgIpc) is 3.00. The maximum Gasteiger partial charge on any atom is 0.160 e. The Labute approximate surface area is 167 Å². The third-order valence-electron chi connectivity index (χ3n) is 6.13. The molecule has 1 aromatic heterocycles. The topological polar surface area (TPSA) is 40.0 Å². The van der Waals surface area contributed by atoms with Crippen molar-refractivity contribution >= 4 is 10.9 Å². The Morgan fingerprint density at radius 3 is 2.68 bits per heavy atom. The van der Waals surface area contributed by atoms with Gasteiger partial charge in [0.2, 0.25) is 0 Å². The molecule has 1 atom stereocenters. The molecule has 0 bridgehead atoms. The van der Waals surface area contributed by atoms with Crippen molar-refractivity contribution in [3.05, 3.63) is 58.8 Å². The second-order valence-corrected chi connectivity index (χ2v) is 7.91. The first-order chi connectivity index (χ1) is 13.6. The SMILES string of the molecule is COc1ccc(CC[NH2+][C@@H]2CCCc3c2n(C)c2ccc(C)cc32)cc1OC. The molecule has 0 radical (unpaired) electrons. The monoisotopic (exact) mass is 379 g/mol. The van der Waals surface area contributed by atoms with E-state index in [-0.39, 0.29) is 0 Å². The first-order valence-electron chi connectivity index (χ1n) is 10.2. The quantitative estimate of drug-likeness (QED) is 0.710. The summed E-state index contributed by atoms with van der Waals surface area (Å²) in [6.45, 7) is 3.26. The smallest absolute Gasteiger partial charge is 0.160 e. The van der Waals surface area contributed by atoms with Crippen LogP contribution in [-0.4, -0.2) is 25.3 Å². The van der Waals surface area contributed by atoms with E-state index >= 15 is 0 Å². The minimum absolute atomic E-state index is 0.543. The fourth-order valence-corrected chi connectivity index (χ4v) is 4.74. The van der Waals surface area contributed by atoms with Crippen molar-refractivity contribution in [1.29, 1.82) is 0 Å². The molecule has 1 heterocycles. The molecular formula is C24H31N2O2+. The van der Waals surface area contributed by atoms with E-state index in [0.29, 0.717) is 6.04 Å². The zero-order valence-corrected chi connectivity index (χ0v) is 17.4. The van der Waals surface area contributed by atoms with E-state index in [1.54, 1.807) is 19.8 Å². The lowest BCUT2D eigenvalue weighted by atomic mass is 9.91. The van der Waals surface area contributed by atoms with E-state index in [2.05, 4.69) is 54.2 Å². The highest BCUT2D eigenvalue weighted by Crippen LogP contribution is 2.35. The molecule has 0 fully saturated rings. The number of rotatable bonds is 6. The van der Waals surface area contributed by atoms with Crippen molar-refractivity contribution < 1.29 is 14.8 Å². The molecule has 1 aliphatic rings. The molecule has 4 nitrogen and oxygen atoms in total. The van der Waals surface area contributed by atoms with Gasteiger partial charge in [-0.25, -0.2) is 0 Å². The van der Waals surface area contributed by atoms with Crippen molar-refractivity contribution in [3.63, 3.8) is 0 Å². The van der Waals surface area contributed by atoms with E-state index in [9.17, 15) is 0 Å². The third-order valence-corrected chi connectivity index (χ3v) is 6.13. The van der Waals surface area contributed by atoms with Crippen LogP contribution in [0.2, 0.25) is 0 Å². The van der Waals surface area contributed by atoms with Gasteiger partial charge in [0.1, 0.15) is 6.04 Å². The molecule has 0 saturated carbocycles. The number of aromatic nitrogens is 1. The summed E-state index contributed by atoms with van der Waals surface area (Å²) in [7, 11) is 5.60. The number of nitrogens with two attached hydrogens (primary N) is 1. The van der Waals surface area contributed by atoms with Crippen molar-refractivity contribution in [1.82, 2.24) is 4.57 Å². The first-order valence-corrected chi connectivity index (χ1v) is 10.2. The number of ether oxygens (including phenoxy) is 2. The second kappa shape index (κ2) is 7.88. The summed E-state index contributed by atoms with van der Waals surface area (Å²) in [5.41, 5.74) is 7.10. The van der Waals surface area contributed by atoms with Crippen LogP contribution in [0.5, 0.6) is 11.5 Å². The maximum absolute atomic E-state index is 5.44. The molecule has 0 spiro atoms. The molecule has 28 heavy (non-hydrogen) atoms. The second-order valence-electron chi connectivity index (χ2n) is 7.91. The average molecular weight is 380 g/mol. The fourth-order valence-electron chi connectivity index (χ4n) is 4.74. The van der Waals surface area contributed by atoms with Gasteiger partial charge in [-0.05, 0) is 55.2 Å². The lowest BCUT2D eigenvalue weighted by molar-refractivity contribution is -0.697. The van der Waals surface area contributed by atoms with Gasteiger partial charge in [-0.2, -0.15) is 0 Å². The molecular weight excluding hydrogens is 348 g/mol. The summed E-state index contributed by atoms with van der Waals surface area (Å²) < 4.78 is 13.2. The largest absolute Gasteiger partial charge is 0.493 e. The van der Waals surface area contributed by atoms with Crippen molar-refractivity contribution in [2.75, 3.05) is 20.8 Å². The number of hydrogen-bond acceptors (Lipinski definition) is 2. The van der Waals surface area contributed by atoms with Crippen LogP contribution in [0.15, 0.2) is 36.4 Å². The highest BCUT2D eigenvalue weighted by Gasteiger charge is 2.28. The van der Waals surface area contributed by atoms with Crippen LogP contribution < -0.4 is 14.8 Å². The predicted molar refractivity (Wildman–Crippen MR) is 113 cm³/mol. The number of nitrogens with zero attached hydrogens (tertiary/aromatic N) is 1. The van der Waals surface area contributed by atoms with E-state index in [4.69, 9.17) is 9.47 Å². The van der Waals surface area contributed by atoms with Crippen LogP contribution >= 0.6 is 0 Å². The predicted octanol–water partition coefficient (Wildman–Crippen LogP) is 3.69. The van der Waals surface area contributed by atoms with Crippen molar-refractivity contribution in [2.24, 2.45) is 7.05 Å². The maximum atomic E-state index is 5.44. The number of benzene rings is 2. The lowest BCUT2D eigenvalue weighted by Crippen LogP contribution is -2.86. The zero-order valence-electron chi connectivity index (χ0n) is 17.4. The van der Waals surface area contributed by atoms with Crippen LogP contribution in [0.1, 0.15) is 41.3 Å². The van der Waals surface area contributed by atoms with E-state index < -0.39 is 0 Å². The summed E-state index contributed by atoms with van der Waals surface area (Å²) >= 11 is 0. The standard InChI is InChI=1S/C24H30N2O2/c1-16-8-10-21-19(14-16)18-6-5-7-20(24(18)26(21)2)25-13-12-17-9-11-22(27-3)23(15-17)28-4/h8-11,14-15,20,25H,5-7,12-13H2,1-4H3/p+1/t20-/m1/s1. The molecule has 4 heteroatoms. The summed E-state index contributed by atoms with van der Waals surface area (Å²) in [5.74, 6) is 1.60. The van der Waals surface area contributed by atoms with Crippen LogP contribution in [0.25, 0.3) is 10.9 Å². The highest BCUT2D eigenvalue weighted by molar-refractivity contribution is 5.86. The summed E-state index contributed by atoms with van der Waals surface area (Å²) in [6.07, 6.45) is 4.76. The zero-order chi connectivity index (χ0) is 19.7. The third kappa shape index (κ3) is 3.37. The van der Waals surface area contributed by atoms with Gasteiger partial charge in [0.05, 0.1) is 26.5 Å². The molecule has 2 N–H and O–H groups in total. The molecule has 0 saturated heterocycles. The summed E-state index contributed by atoms with van der Waals surface area (Å²) in [4.78, 5) is 0. The number of quaternary nitrogens is 1. The van der Waals surface area contributed by atoms with E-state index in [0.717, 1.165) is 24.5 Å². The number of hydrogen-bond donors (Lipinski definition) is 1. The van der Waals surface area contributed by atoms with Crippen LogP contribution in [0, 0.1) is 6.92 Å². The van der Waals surface area contributed by atoms with Gasteiger partial charge in [0.25, 0.3) is 0 Å². The number of methoxy groups -OCH3 is 2. The Bertz CT molecular complexity index is 990. The Hall–Kier alpha value is -2.46. The fraction of sp³-hybridized carbons (Fsp3) is 0.417. The van der Waals surface area contributed by atoms with Gasteiger partial charge in [0.15, 0.2) is 11.5 Å². The van der Waals surface area contributed by atoms with Crippen LogP contribution in [0.3, 0.4) is 0 Å². The summed E-state index contributed by atoms with van der Waals surface area (Å²) in [6, 6.07) is 13.6. The van der Waals surface area contributed by atoms with Gasteiger partial charge in [-0.15, -0.1) is 0 Å². The number of fused-ring (bicyclic) bond motifs is 3. The van der Waals surface area contributed by atoms with E-state index in [1.165, 1.54) is 47.0 Å². The molecule has 2 aromatic carbocycles. The van der Waals surface area contributed by atoms with Gasteiger partial charge >= 0.3 is 0 Å². The molecule has 0 aliphatic heterocycles. The van der Waals surface area contributed by atoms with Gasteiger partial charge < -0.3 is 19.4 Å². The minimum atomic E-state index is 0.543. The summed E-state index contributed by atoms with van der Waals surface area (Å²) in [5, 5.41) is 3.98. The minimum Gasteiger partial charge on any atom is -0.493 e. The molecule has 0 unspecified atom stereocenters. The Balaban J connectivity index is 1.51. The molecule has 1 aliphatic carbocycles. The lowest BCUT2D eigenvalue weighted by Gasteiger charge is -2.23. The van der Waals surface area contributed by atoms with Crippen LogP contribution in [-0.2, 0) is 19.9 Å². The van der Waals surface area contributed by atoms with Gasteiger partial charge in [0, 0.05) is 30.8 Å². The molecule has 0 amide bonds. The molecule has 3 aromatic rings. The van der Waals surface area contributed by atoms with Crippen molar-refractivity contribution in [3.8, 4) is 11.5 Å². The van der Waals surface area contributed by atoms with E-state index in [1.807, 2.05) is 6.07 Å². The van der Waals surface area contributed by atoms with Gasteiger partial charge in [-0.1, -0.05) is 17.7 Å². The Kier molecular flexibility index (Phi) is 5.31. The van der Waals surface area contributed by atoms with Gasteiger partial charge in [-0.3, -0.25) is 0 Å². The highest BCUT2D eigenvalue weighted by atomic mass is 16.5. The first kappa shape index (κ1) is 18.9. The van der Waals surface area contributed by atoms with Crippen LogP contribution in [0.4, 0.5) is 0 Å². The number of aryl methyl sites for hydroxylation is 3. The normalized spacial score (nSPS) is 16.2.